The molecule has 1 amide bonds. The molecule has 1 aromatic rings. The molecule has 0 bridgehead atoms. The quantitative estimate of drug-likeness (QED) is 0.268. The van der Waals surface area contributed by atoms with Gasteiger partial charge in [0, 0.05) is 25.8 Å². The molecule has 1 aromatic carbocycles. The van der Waals surface area contributed by atoms with E-state index in [0.717, 1.165) is 44.5 Å². The molecule has 2 fully saturated rings. The first-order valence-corrected chi connectivity index (χ1v) is 11.2. The van der Waals surface area contributed by atoms with Crippen LogP contribution in [0.15, 0.2) is 48.7 Å². The van der Waals surface area contributed by atoms with Crippen molar-refractivity contribution in [3.05, 3.63) is 59.8 Å². The number of hydrogen-bond donors (Lipinski definition) is 0. The van der Waals surface area contributed by atoms with E-state index in [1.165, 1.54) is 6.08 Å². The smallest absolute Gasteiger partial charge is 0.338 e. The maximum atomic E-state index is 12.5. The predicted octanol–water partition coefficient (Wildman–Crippen LogP) is 2.76. The Morgan fingerprint density at radius 3 is 2.75 bits per heavy atom. The van der Waals surface area contributed by atoms with Crippen molar-refractivity contribution in [2.24, 2.45) is 0 Å². The summed E-state index contributed by atoms with van der Waals surface area (Å²) in [5, 5.41) is 0. The summed E-state index contributed by atoms with van der Waals surface area (Å²) in [6.07, 6.45) is 9.22. The second kappa shape index (κ2) is 11.2. The van der Waals surface area contributed by atoms with E-state index in [1.54, 1.807) is 43.2 Å². The van der Waals surface area contributed by atoms with Gasteiger partial charge in [0.05, 0.1) is 24.3 Å². The second-order valence-electron chi connectivity index (χ2n) is 8.28. The van der Waals surface area contributed by atoms with Crippen LogP contribution in [0.25, 0.3) is 0 Å². The van der Waals surface area contributed by atoms with E-state index in [4.69, 9.17) is 9.47 Å². The number of amides is 1. The fourth-order valence-corrected chi connectivity index (χ4v) is 4.29. The maximum Gasteiger partial charge on any atom is 0.338 e. The van der Waals surface area contributed by atoms with Gasteiger partial charge in [0.1, 0.15) is 12.4 Å². The van der Waals surface area contributed by atoms with Crippen LogP contribution in [-0.2, 0) is 25.5 Å². The van der Waals surface area contributed by atoms with Gasteiger partial charge in [-0.15, -0.1) is 0 Å². The SMILES string of the molecule is CCOC(=O)c1cccc(CCN2CCC3(CC2)CN(/C=C/C=C\C=O)C(=O)C(C)O3)c1. The Kier molecular flexibility index (Phi) is 8.36. The number of ether oxygens (including phenoxy) is 2. The van der Waals surface area contributed by atoms with Gasteiger partial charge in [0.2, 0.25) is 0 Å². The first-order chi connectivity index (χ1) is 15.5. The number of carbonyl (C=O) groups excluding carboxylic acids is 3. The van der Waals surface area contributed by atoms with Crippen LogP contribution < -0.4 is 0 Å². The first kappa shape index (κ1) is 23.9. The molecule has 7 nitrogen and oxygen atoms in total. The number of esters is 1. The zero-order valence-electron chi connectivity index (χ0n) is 18.9. The molecule has 2 saturated heterocycles. The number of morpholine rings is 1. The van der Waals surface area contributed by atoms with Crippen LogP contribution >= 0.6 is 0 Å². The summed E-state index contributed by atoms with van der Waals surface area (Å²) in [7, 11) is 0. The third kappa shape index (κ3) is 6.14. The van der Waals surface area contributed by atoms with E-state index in [0.29, 0.717) is 25.0 Å². The van der Waals surface area contributed by atoms with Crippen molar-refractivity contribution in [3.8, 4) is 0 Å². The Labute approximate surface area is 189 Å². The highest BCUT2D eigenvalue weighted by atomic mass is 16.5. The minimum Gasteiger partial charge on any atom is -0.462 e. The van der Waals surface area contributed by atoms with Crippen LogP contribution in [0.4, 0.5) is 0 Å². The lowest BCUT2D eigenvalue weighted by Crippen LogP contribution is -2.60. The van der Waals surface area contributed by atoms with Crippen LogP contribution in [0.3, 0.4) is 0 Å². The van der Waals surface area contributed by atoms with Crippen LogP contribution in [0.2, 0.25) is 0 Å². The molecular weight excluding hydrogens is 408 g/mol. The number of likely N-dealkylation sites (tertiary alicyclic amines) is 1. The number of aldehydes is 1. The summed E-state index contributed by atoms with van der Waals surface area (Å²) in [6.45, 7) is 7.18. The lowest BCUT2D eigenvalue weighted by atomic mass is 9.88. The molecule has 172 valence electrons. The predicted molar refractivity (Wildman–Crippen MR) is 121 cm³/mol. The Balaban J connectivity index is 1.54. The maximum absolute atomic E-state index is 12.5. The minimum atomic E-state index is -0.486. The number of carbonyl (C=O) groups is 3. The van der Waals surface area contributed by atoms with Gasteiger partial charge in [-0.05, 0) is 63.0 Å². The highest BCUT2D eigenvalue weighted by Gasteiger charge is 2.44. The molecule has 2 aliphatic rings. The van der Waals surface area contributed by atoms with Gasteiger partial charge in [-0.3, -0.25) is 9.59 Å². The third-order valence-electron chi connectivity index (χ3n) is 6.01. The van der Waals surface area contributed by atoms with E-state index in [-0.39, 0.29) is 17.5 Å². The number of hydrogen-bond acceptors (Lipinski definition) is 6. The molecule has 0 aliphatic carbocycles. The van der Waals surface area contributed by atoms with Crippen molar-refractivity contribution in [2.75, 3.05) is 32.8 Å². The standard InChI is InChI=1S/C25H32N2O5/c1-3-31-24(30)22-9-7-8-21(18-22)10-14-26-15-11-25(12-16-26)19-27(13-5-4-6-17-28)23(29)20(2)32-25/h4-9,13,17-18,20H,3,10-12,14-16,19H2,1-2H3/b6-4-,13-5+. The second-order valence-corrected chi connectivity index (χ2v) is 8.28. The number of nitrogens with zero attached hydrogens (tertiary/aromatic N) is 2. The van der Waals surface area contributed by atoms with Crippen molar-refractivity contribution in [1.29, 1.82) is 0 Å². The molecule has 7 heteroatoms. The third-order valence-corrected chi connectivity index (χ3v) is 6.01. The number of piperidine rings is 1. The van der Waals surface area contributed by atoms with Gasteiger partial charge in [-0.1, -0.05) is 18.2 Å². The summed E-state index contributed by atoms with van der Waals surface area (Å²) < 4.78 is 11.3. The van der Waals surface area contributed by atoms with Gasteiger partial charge in [-0.25, -0.2) is 4.79 Å². The minimum absolute atomic E-state index is 0.0599. The van der Waals surface area contributed by atoms with Gasteiger partial charge < -0.3 is 19.3 Å². The summed E-state index contributed by atoms with van der Waals surface area (Å²) in [4.78, 5) is 38.9. The van der Waals surface area contributed by atoms with E-state index >= 15 is 0 Å². The van der Waals surface area contributed by atoms with E-state index < -0.39 is 6.10 Å². The van der Waals surface area contributed by atoms with Crippen molar-refractivity contribution >= 4 is 18.2 Å². The molecule has 0 saturated carbocycles. The molecule has 2 aliphatic heterocycles. The zero-order valence-corrected chi connectivity index (χ0v) is 18.9. The average Bonchev–Trinajstić information content (AvgIpc) is 2.80. The van der Waals surface area contributed by atoms with E-state index in [9.17, 15) is 14.4 Å². The van der Waals surface area contributed by atoms with E-state index in [2.05, 4.69) is 4.90 Å². The lowest BCUT2D eigenvalue weighted by Gasteiger charge is -2.48. The van der Waals surface area contributed by atoms with Gasteiger partial charge in [-0.2, -0.15) is 0 Å². The topological polar surface area (TPSA) is 76.2 Å². The zero-order chi connectivity index (χ0) is 23.0. The van der Waals surface area contributed by atoms with Crippen molar-refractivity contribution in [1.82, 2.24) is 9.80 Å². The summed E-state index contributed by atoms with van der Waals surface area (Å²) >= 11 is 0. The highest BCUT2D eigenvalue weighted by molar-refractivity contribution is 5.89. The molecule has 0 N–H and O–H groups in total. The highest BCUT2D eigenvalue weighted by Crippen LogP contribution is 2.33. The normalized spacial score (nSPS) is 21.5. The molecule has 32 heavy (non-hydrogen) atoms. The van der Waals surface area contributed by atoms with E-state index in [1.807, 2.05) is 18.2 Å². The summed E-state index contributed by atoms with van der Waals surface area (Å²) in [6, 6.07) is 7.62. The fraction of sp³-hybridized carbons (Fsp3) is 0.480. The molecule has 3 rings (SSSR count). The van der Waals surface area contributed by atoms with Crippen LogP contribution in [0, 0.1) is 0 Å². The van der Waals surface area contributed by atoms with Crippen molar-refractivity contribution < 1.29 is 23.9 Å². The van der Waals surface area contributed by atoms with Gasteiger partial charge in [0.15, 0.2) is 0 Å². The van der Waals surface area contributed by atoms with Crippen molar-refractivity contribution in [3.63, 3.8) is 0 Å². The molecular formula is C25H32N2O5. The van der Waals surface area contributed by atoms with Crippen LogP contribution in [0.1, 0.15) is 42.6 Å². The number of rotatable bonds is 8. The van der Waals surface area contributed by atoms with Gasteiger partial charge >= 0.3 is 5.97 Å². The summed E-state index contributed by atoms with van der Waals surface area (Å²) in [5.41, 5.74) is 1.36. The Bertz CT molecular complexity index is 871. The first-order valence-electron chi connectivity index (χ1n) is 11.2. The molecule has 2 heterocycles. The summed E-state index contributed by atoms with van der Waals surface area (Å²) in [5.74, 6) is -0.345. The molecule has 1 atom stereocenters. The number of benzene rings is 1. The molecule has 0 aromatic heterocycles. The van der Waals surface area contributed by atoms with Crippen LogP contribution in [-0.4, -0.2) is 72.5 Å². The van der Waals surface area contributed by atoms with Gasteiger partial charge in [0.25, 0.3) is 5.91 Å². The monoisotopic (exact) mass is 440 g/mol. The molecule has 1 spiro atoms. The average molecular weight is 441 g/mol. The van der Waals surface area contributed by atoms with Crippen molar-refractivity contribution in [2.45, 2.75) is 44.8 Å². The largest absolute Gasteiger partial charge is 0.462 e. The Morgan fingerprint density at radius 2 is 2.03 bits per heavy atom. The molecule has 1 unspecified atom stereocenters. The Morgan fingerprint density at radius 1 is 1.25 bits per heavy atom. The fourth-order valence-electron chi connectivity index (χ4n) is 4.29. The Hall–Kier alpha value is -2.77. The molecule has 0 radical (unpaired) electrons. The number of allylic oxidation sites excluding steroid dienone is 3. The lowest BCUT2D eigenvalue weighted by molar-refractivity contribution is -0.184. The van der Waals surface area contributed by atoms with Crippen LogP contribution in [0.5, 0.6) is 0 Å².